The topological polar surface area (TPSA) is 41.9 Å². The minimum Gasteiger partial charge on any atom is -0.493 e. The fraction of sp³-hybridized carbons (Fsp3) is 0.556. The first kappa shape index (κ1) is 14.1. The number of nitrogens with zero attached hydrogens (tertiary/aromatic N) is 1. The maximum absolute atomic E-state index is 10.0. The number of ether oxygens (including phenoxy) is 2. The molecule has 4 rings (SSSR count). The maximum atomic E-state index is 10.0. The summed E-state index contributed by atoms with van der Waals surface area (Å²) < 4.78 is 11.6. The summed E-state index contributed by atoms with van der Waals surface area (Å²) in [4.78, 5) is 2.37. The van der Waals surface area contributed by atoms with Gasteiger partial charge in [0.05, 0.1) is 19.8 Å². The first-order valence-electron chi connectivity index (χ1n) is 8.03. The van der Waals surface area contributed by atoms with Crippen LogP contribution in [-0.4, -0.2) is 43.4 Å². The summed E-state index contributed by atoms with van der Waals surface area (Å²) in [5.41, 5.74) is 2.58. The fourth-order valence-electron chi connectivity index (χ4n) is 4.40. The van der Waals surface area contributed by atoms with Crippen molar-refractivity contribution >= 4 is 0 Å². The fourth-order valence-corrected chi connectivity index (χ4v) is 4.40. The lowest BCUT2D eigenvalue weighted by atomic mass is 9.62. The number of rotatable bonds is 1. The van der Waals surface area contributed by atoms with Gasteiger partial charge in [0.2, 0.25) is 0 Å². The summed E-state index contributed by atoms with van der Waals surface area (Å²) in [6.07, 6.45) is 5.70. The van der Waals surface area contributed by atoms with Gasteiger partial charge in [0.15, 0.2) is 11.5 Å². The van der Waals surface area contributed by atoms with Gasteiger partial charge in [-0.3, -0.25) is 0 Å². The number of aliphatic hydroxyl groups is 1. The molecule has 4 nitrogen and oxygen atoms in total. The third-order valence-electron chi connectivity index (χ3n) is 5.54. The van der Waals surface area contributed by atoms with Crippen LogP contribution in [0.3, 0.4) is 0 Å². The molecule has 1 N–H and O–H groups in total. The molecule has 1 unspecified atom stereocenters. The summed E-state index contributed by atoms with van der Waals surface area (Å²) in [5, 5.41) is 10.0. The molecule has 0 saturated carbocycles. The van der Waals surface area contributed by atoms with Crippen molar-refractivity contribution in [3.63, 3.8) is 0 Å². The summed E-state index contributed by atoms with van der Waals surface area (Å²) in [5.74, 6) is 2.06. The molecule has 1 aliphatic carbocycles. The predicted octanol–water partition coefficient (Wildman–Crippen LogP) is 2.10. The Labute approximate surface area is 131 Å². The molecule has 1 aromatic carbocycles. The molecule has 0 fully saturated rings. The van der Waals surface area contributed by atoms with E-state index in [1.807, 2.05) is 12.1 Å². The molecular weight excluding hydrogens is 278 g/mol. The summed E-state index contributed by atoms with van der Waals surface area (Å²) in [7, 11) is 3.87. The molecule has 2 heterocycles. The molecule has 3 atom stereocenters. The Morgan fingerprint density at radius 2 is 2.27 bits per heavy atom. The predicted molar refractivity (Wildman–Crippen MR) is 84.4 cm³/mol. The monoisotopic (exact) mass is 301 g/mol. The number of aliphatic hydroxyl groups excluding tert-OH is 1. The highest BCUT2D eigenvalue weighted by Gasteiger charge is 2.49. The smallest absolute Gasteiger partial charge is 0.165 e. The lowest BCUT2D eigenvalue weighted by molar-refractivity contribution is 0.0808. The van der Waals surface area contributed by atoms with Gasteiger partial charge in [-0.2, -0.15) is 0 Å². The van der Waals surface area contributed by atoms with Crippen molar-refractivity contribution < 1.29 is 14.6 Å². The van der Waals surface area contributed by atoms with E-state index >= 15 is 0 Å². The van der Waals surface area contributed by atoms with Gasteiger partial charge in [-0.15, -0.1) is 0 Å². The van der Waals surface area contributed by atoms with Gasteiger partial charge in [-0.05, 0) is 38.1 Å². The van der Waals surface area contributed by atoms with Gasteiger partial charge in [0.1, 0.15) is 0 Å². The van der Waals surface area contributed by atoms with Gasteiger partial charge >= 0.3 is 0 Å². The average Bonchev–Trinajstić information content (AvgIpc) is 2.66. The third kappa shape index (κ3) is 1.90. The molecule has 4 heteroatoms. The van der Waals surface area contributed by atoms with Crippen LogP contribution in [0.4, 0.5) is 0 Å². The molecule has 3 aliphatic rings. The molecule has 22 heavy (non-hydrogen) atoms. The van der Waals surface area contributed by atoms with Crippen molar-refractivity contribution in [1.82, 2.24) is 4.90 Å². The van der Waals surface area contributed by atoms with E-state index in [4.69, 9.17) is 9.47 Å². The molecule has 118 valence electrons. The zero-order valence-corrected chi connectivity index (χ0v) is 13.2. The van der Waals surface area contributed by atoms with Crippen molar-refractivity contribution in [2.75, 3.05) is 27.3 Å². The standard InChI is InChI=1S/C18H23NO3/c1-19-8-7-18-6-5-14(20)9-13(18)11-22-17-15(21-2)4-3-12(10-19)16(17)18/h3-6,13-14,20H,7-11H2,1-2H3/t13-,14?,18+/m1/s1. The number of hydrogen-bond acceptors (Lipinski definition) is 4. The first-order chi connectivity index (χ1) is 10.6. The Morgan fingerprint density at radius 1 is 1.41 bits per heavy atom. The van der Waals surface area contributed by atoms with E-state index in [0.29, 0.717) is 12.5 Å². The minimum absolute atomic E-state index is 0.0263. The number of methoxy groups -OCH3 is 1. The van der Waals surface area contributed by atoms with Crippen LogP contribution in [-0.2, 0) is 12.0 Å². The van der Waals surface area contributed by atoms with E-state index in [0.717, 1.165) is 37.4 Å². The molecule has 1 aromatic rings. The maximum Gasteiger partial charge on any atom is 0.165 e. The quantitative estimate of drug-likeness (QED) is 0.807. The zero-order chi connectivity index (χ0) is 15.3. The van der Waals surface area contributed by atoms with Crippen molar-refractivity contribution in [1.29, 1.82) is 0 Å². The number of allylic oxidation sites excluding steroid dienone is 1. The van der Waals surface area contributed by atoms with Crippen LogP contribution in [0.5, 0.6) is 11.5 Å². The van der Waals surface area contributed by atoms with Crippen LogP contribution < -0.4 is 9.47 Å². The zero-order valence-electron chi connectivity index (χ0n) is 13.2. The van der Waals surface area contributed by atoms with Crippen LogP contribution >= 0.6 is 0 Å². The van der Waals surface area contributed by atoms with Crippen molar-refractivity contribution in [2.24, 2.45) is 5.92 Å². The minimum atomic E-state index is -0.351. The Hall–Kier alpha value is -1.52. The van der Waals surface area contributed by atoms with E-state index in [2.05, 4.69) is 24.1 Å². The highest BCUT2D eigenvalue weighted by atomic mass is 16.5. The summed E-state index contributed by atoms with van der Waals surface area (Å²) in [6.45, 7) is 2.63. The SMILES string of the molecule is COc1ccc2c3c1OC[C@H]1CC(O)C=C[C@@]31CCN(C)C2. The second kappa shape index (κ2) is 5.00. The molecule has 0 amide bonds. The molecule has 0 aromatic heterocycles. The van der Waals surface area contributed by atoms with Crippen LogP contribution in [0, 0.1) is 5.92 Å². The molecule has 0 saturated heterocycles. The second-order valence-corrected chi connectivity index (χ2v) is 6.83. The Kier molecular flexibility index (Phi) is 3.20. The van der Waals surface area contributed by atoms with Gasteiger partial charge < -0.3 is 19.5 Å². The molecular formula is C18H23NO3. The molecule has 1 spiro atoms. The second-order valence-electron chi connectivity index (χ2n) is 6.83. The summed E-state index contributed by atoms with van der Waals surface area (Å²) >= 11 is 0. The van der Waals surface area contributed by atoms with Crippen LogP contribution in [0.2, 0.25) is 0 Å². The van der Waals surface area contributed by atoms with E-state index in [1.54, 1.807) is 7.11 Å². The number of hydrogen-bond donors (Lipinski definition) is 1. The van der Waals surface area contributed by atoms with Crippen molar-refractivity contribution in [3.05, 3.63) is 35.4 Å². The van der Waals surface area contributed by atoms with Crippen LogP contribution in [0.25, 0.3) is 0 Å². The largest absolute Gasteiger partial charge is 0.493 e. The molecule has 0 radical (unpaired) electrons. The first-order valence-corrected chi connectivity index (χ1v) is 8.03. The molecule has 0 bridgehead atoms. The van der Waals surface area contributed by atoms with E-state index in [9.17, 15) is 5.11 Å². The lowest BCUT2D eigenvalue weighted by Crippen LogP contribution is -2.45. The molecule has 2 aliphatic heterocycles. The van der Waals surface area contributed by atoms with Gasteiger partial charge in [0.25, 0.3) is 0 Å². The van der Waals surface area contributed by atoms with Crippen molar-refractivity contribution in [3.8, 4) is 11.5 Å². The highest BCUT2D eigenvalue weighted by molar-refractivity contribution is 5.58. The lowest BCUT2D eigenvalue weighted by Gasteiger charge is -2.46. The van der Waals surface area contributed by atoms with E-state index < -0.39 is 0 Å². The van der Waals surface area contributed by atoms with E-state index in [1.165, 1.54) is 11.1 Å². The third-order valence-corrected chi connectivity index (χ3v) is 5.54. The Balaban J connectivity index is 1.97. The van der Waals surface area contributed by atoms with Gasteiger partial charge in [-0.1, -0.05) is 18.2 Å². The van der Waals surface area contributed by atoms with Crippen molar-refractivity contribution in [2.45, 2.75) is 30.9 Å². The van der Waals surface area contributed by atoms with E-state index in [-0.39, 0.29) is 11.5 Å². The normalized spacial score (nSPS) is 33.4. The summed E-state index contributed by atoms with van der Waals surface area (Å²) in [6, 6.07) is 4.19. The Bertz CT molecular complexity index is 627. The van der Waals surface area contributed by atoms with Gasteiger partial charge in [0, 0.05) is 23.4 Å². The number of benzene rings is 1. The van der Waals surface area contributed by atoms with Crippen LogP contribution in [0.1, 0.15) is 24.0 Å². The highest BCUT2D eigenvalue weighted by Crippen LogP contribution is 2.54. The van der Waals surface area contributed by atoms with Crippen LogP contribution in [0.15, 0.2) is 24.3 Å². The Morgan fingerprint density at radius 3 is 3.09 bits per heavy atom. The average molecular weight is 301 g/mol. The van der Waals surface area contributed by atoms with Gasteiger partial charge in [-0.25, -0.2) is 0 Å².